The second-order valence-electron chi connectivity index (χ2n) is 6.31. The molecule has 0 spiro atoms. The number of hydrogen-bond acceptors (Lipinski definition) is 7. The summed E-state index contributed by atoms with van der Waals surface area (Å²) in [4.78, 5) is 31.6. The highest BCUT2D eigenvalue weighted by Crippen LogP contribution is 2.25. The first kappa shape index (κ1) is 19.0. The Hall–Kier alpha value is -3.79. The van der Waals surface area contributed by atoms with Crippen LogP contribution in [0.3, 0.4) is 0 Å². The van der Waals surface area contributed by atoms with Crippen molar-refractivity contribution in [3.63, 3.8) is 0 Å². The van der Waals surface area contributed by atoms with E-state index in [1.165, 1.54) is 26.1 Å². The van der Waals surface area contributed by atoms with E-state index in [1.54, 1.807) is 36.8 Å². The molecule has 28 heavy (non-hydrogen) atoms. The van der Waals surface area contributed by atoms with Crippen molar-refractivity contribution in [1.82, 2.24) is 25.5 Å². The number of amides is 3. The second-order valence-corrected chi connectivity index (χ2v) is 6.31. The molecule has 0 saturated carbocycles. The standard InChI is InChI=1S/C18H18N6O4/c1-18(2,27)16(25)24-17(26)23-15-4-3-13(10-20-15)28-12-5-6-19-14(7-12)11-8-21-22-9-11/h3-10,27H,1-2H3,(H,21,22)(H2,20,23,24,25,26). The highest BCUT2D eigenvalue weighted by Gasteiger charge is 2.25. The number of carbonyl (C=O) groups is 2. The van der Waals surface area contributed by atoms with E-state index in [0.717, 1.165) is 5.56 Å². The number of anilines is 1. The smallest absolute Gasteiger partial charge is 0.327 e. The fourth-order valence-electron chi connectivity index (χ4n) is 2.08. The average molecular weight is 382 g/mol. The quantitative estimate of drug-likeness (QED) is 0.529. The van der Waals surface area contributed by atoms with Crippen molar-refractivity contribution in [3.05, 3.63) is 49.1 Å². The zero-order valence-electron chi connectivity index (χ0n) is 15.1. The number of H-pyrrole nitrogens is 1. The Labute approximate surface area is 160 Å². The Morgan fingerprint density at radius 3 is 2.61 bits per heavy atom. The summed E-state index contributed by atoms with van der Waals surface area (Å²) < 4.78 is 5.74. The first-order valence-electron chi connectivity index (χ1n) is 8.25. The Morgan fingerprint density at radius 1 is 1.14 bits per heavy atom. The molecule has 0 aliphatic carbocycles. The molecule has 4 N–H and O–H groups in total. The summed E-state index contributed by atoms with van der Waals surface area (Å²) >= 11 is 0. The number of nitrogens with one attached hydrogen (secondary N) is 3. The molecule has 144 valence electrons. The number of carbonyl (C=O) groups excluding carboxylic acids is 2. The zero-order valence-corrected chi connectivity index (χ0v) is 15.1. The van der Waals surface area contributed by atoms with E-state index in [2.05, 4.69) is 25.5 Å². The van der Waals surface area contributed by atoms with Gasteiger partial charge in [-0.15, -0.1) is 0 Å². The van der Waals surface area contributed by atoms with Crippen molar-refractivity contribution < 1.29 is 19.4 Å². The van der Waals surface area contributed by atoms with Gasteiger partial charge in [-0.2, -0.15) is 5.10 Å². The van der Waals surface area contributed by atoms with Gasteiger partial charge in [0.2, 0.25) is 0 Å². The lowest BCUT2D eigenvalue weighted by atomic mass is 10.1. The van der Waals surface area contributed by atoms with Crippen LogP contribution >= 0.6 is 0 Å². The molecular formula is C18H18N6O4. The fourth-order valence-corrected chi connectivity index (χ4v) is 2.08. The Morgan fingerprint density at radius 2 is 1.96 bits per heavy atom. The molecule has 10 heteroatoms. The third kappa shape index (κ3) is 4.89. The van der Waals surface area contributed by atoms with Gasteiger partial charge >= 0.3 is 6.03 Å². The Kier molecular flexibility index (Phi) is 5.32. The summed E-state index contributed by atoms with van der Waals surface area (Å²) in [7, 11) is 0. The highest BCUT2D eigenvalue weighted by molar-refractivity contribution is 6.03. The Bertz CT molecular complexity index is 964. The summed E-state index contributed by atoms with van der Waals surface area (Å²) in [5, 5.41) is 20.5. The molecule has 0 fully saturated rings. The molecule has 0 atom stereocenters. The van der Waals surface area contributed by atoms with Crippen LogP contribution in [0.2, 0.25) is 0 Å². The van der Waals surface area contributed by atoms with Crippen LogP contribution in [0.5, 0.6) is 11.5 Å². The second kappa shape index (κ2) is 7.84. The molecule has 3 amide bonds. The molecule has 10 nitrogen and oxygen atoms in total. The third-order valence-corrected chi connectivity index (χ3v) is 3.52. The lowest BCUT2D eigenvalue weighted by molar-refractivity contribution is -0.135. The number of hydrogen-bond donors (Lipinski definition) is 4. The van der Waals surface area contributed by atoms with E-state index in [1.807, 2.05) is 5.32 Å². The molecule has 0 aliphatic rings. The predicted molar refractivity (Wildman–Crippen MR) is 99.6 cm³/mol. The summed E-state index contributed by atoms with van der Waals surface area (Å²) in [6.07, 6.45) is 6.42. The van der Waals surface area contributed by atoms with Crippen molar-refractivity contribution in [2.45, 2.75) is 19.4 Å². The minimum Gasteiger partial charge on any atom is -0.456 e. The van der Waals surface area contributed by atoms with Gasteiger partial charge in [-0.25, -0.2) is 9.78 Å². The van der Waals surface area contributed by atoms with Crippen LogP contribution in [0.25, 0.3) is 11.3 Å². The number of aliphatic hydroxyl groups is 1. The topological polar surface area (TPSA) is 142 Å². The highest BCUT2D eigenvalue weighted by atomic mass is 16.5. The maximum Gasteiger partial charge on any atom is 0.327 e. The van der Waals surface area contributed by atoms with Crippen molar-refractivity contribution in [2.75, 3.05) is 5.32 Å². The van der Waals surface area contributed by atoms with Gasteiger partial charge in [0.1, 0.15) is 22.9 Å². The maximum absolute atomic E-state index is 11.8. The largest absolute Gasteiger partial charge is 0.456 e. The van der Waals surface area contributed by atoms with E-state index in [9.17, 15) is 14.7 Å². The van der Waals surface area contributed by atoms with Crippen molar-refractivity contribution in [1.29, 1.82) is 0 Å². The van der Waals surface area contributed by atoms with Crippen LogP contribution in [0, 0.1) is 0 Å². The fraction of sp³-hybridized carbons (Fsp3) is 0.167. The number of ether oxygens (including phenoxy) is 1. The van der Waals surface area contributed by atoms with Gasteiger partial charge in [0.05, 0.1) is 18.1 Å². The van der Waals surface area contributed by atoms with Crippen LogP contribution in [-0.4, -0.2) is 42.8 Å². The third-order valence-electron chi connectivity index (χ3n) is 3.52. The summed E-state index contributed by atoms with van der Waals surface area (Å²) in [5.74, 6) is 0.392. The predicted octanol–water partition coefficient (Wildman–Crippen LogP) is 2.08. The summed E-state index contributed by atoms with van der Waals surface area (Å²) in [6, 6.07) is 5.78. The van der Waals surface area contributed by atoms with Crippen LogP contribution in [0.1, 0.15) is 13.8 Å². The van der Waals surface area contributed by atoms with Gasteiger partial charge in [0.25, 0.3) is 5.91 Å². The molecule has 0 saturated heterocycles. The lowest BCUT2D eigenvalue weighted by Crippen LogP contribution is -2.46. The lowest BCUT2D eigenvalue weighted by Gasteiger charge is -2.15. The Balaban J connectivity index is 1.61. The van der Waals surface area contributed by atoms with Crippen LogP contribution < -0.4 is 15.4 Å². The first-order valence-corrected chi connectivity index (χ1v) is 8.25. The number of urea groups is 1. The number of imide groups is 1. The molecule has 0 aromatic carbocycles. The van der Waals surface area contributed by atoms with Crippen LogP contribution in [-0.2, 0) is 4.79 Å². The number of aromatic amines is 1. The maximum atomic E-state index is 11.8. The van der Waals surface area contributed by atoms with E-state index in [-0.39, 0.29) is 5.82 Å². The molecule has 3 rings (SSSR count). The van der Waals surface area contributed by atoms with Gasteiger partial charge in [0, 0.05) is 24.0 Å². The number of rotatable bonds is 5. The normalized spacial score (nSPS) is 11.0. The minimum absolute atomic E-state index is 0.210. The molecule has 3 aromatic rings. The van der Waals surface area contributed by atoms with Gasteiger partial charge in [-0.1, -0.05) is 0 Å². The van der Waals surface area contributed by atoms with E-state index >= 15 is 0 Å². The number of aromatic nitrogens is 4. The van der Waals surface area contributed by atoms with Crippen LogP contribution in [0.15, 0.2) is 49.1 Å². The minimum atomic E-state index is -1.66. The number of pyridine rings is 2. The van der Waals surface area contributed by atoms with Crippen molar-refractivity contribution in [3.8, 4) is 22.8 Å². The zero-order chi connectivity index (χ0) is 20.1. The van der Waals surface area contributed by atoms with Crippen molar-refractivity contribution in [2.24, 2.45) is 0 Å². The van der Waals surface area contributed by atoms with Gasteiger partial charge < -0.3 is 9.84 Å². The molecule has 0 aliphatic heterocycles. The average Bonchev–Trinajstić information content (AvgIpc) is 3.17. The van der Waals surface area contributed by atoms with Gasteiger partial charge in [0.15, 0.2) is 0 Å². The van der Waals surface area contributed by atoms with Crippen molar-refractivity contribution >= 4 is 17.8 Å². The van der Waals surface area contributed by atoms with Crippen LogP contribution in [0.4, 0.5) is 10.6 Å². The van der Waals surface area contributed by atoms with E-state index in [0.29, 0.717) is 17.2 Å². The summed E-state index contributed by atoms with van der Waals surface area (Å²) in [5.41, 5.74) is -0.136. The van der Waals surface area contributed by atoms with Gasteiger partial charge in [-0.3, -0.25) is 25.5 Å². The molecule has 3 aromatic heterocycles. The molecule has 0 bridgehead atoms. The monoisotopic (exact) mass is 382 g/mol. The molecular weight excluding hydrogens is 364 g/mol. The van der Waals surface area contributed by atoms with Gasteiger partial charge in [-0.05, 0) is 32.0 Å². The SMILES string of the molecule is CC(C)(O)C(=O)NC(=O)Nc1ccc(Oc2ccnc(-c3cn[nH]c3)c2)cn1. The van der Waals surface area contributed by atoms with E-state index < -0.39 is 17.5 Å². The summed E-state index contributed by atoms with van der Waals surface area (Å²) in [6.45, 7) is 2.55. The molecule has 0 unspecified atom stereocenters. The molecule has 3 heterocycles. The van der Waals surface area contributed by atoms with E-state index in [4.69, 9.17) is 4.74 Å². The first-order chi connectivity index (χ1) is 13.3. The molecule has 0 radical (unpaired) electrons. The number of nitrogens with zero attached hydrogens (tertiary/aromatic N) is 3.